The maximum Gasteiger partial charge on any atom is 0.315 e. The van der Waals surface area contributed by atoms with E-state index in [1.165, 1.54) is 0 Å². The van der Waals surface area contributed by atoms with Crippen LogP contribution >= 0.6 is 22.6 Å². The first-order valence-corrected chi connectivity index (χ1v) is 3.35. The van der Waals surface area contributed by atoms with Gasteiger partial charge in [0.05, 0.1) is 4.55 Å². The molecule has 2 amide bonds. The minimum atomic E-state index is -0.130. The van der Waals surface area contributed by atoms with Crippen LogP contribution in [0, 0.1) is 0 Å². The maximum atomic E-state index is 10.2. The van der Waals surface area contributed by atoms with Crippen LogP contribution in [0.3, 0.4) is 0 Å². The van der Waals surface area contributed by atoms with Crippen molar-refractivity contribution in [2.45, 2.75) is 0 Å². The number of rotatable bonds is 1. The van der Waals surface area contributed by atoms with Crippen molar-refractivity contribution in [3.63, 3.8) is 0 Å². The third kappa shape index (κ3) is 3.84. The van der Waals surface area contributed by atoms with Crippen molar-refractivity contribution in [2.75, 3.05) is 11.6 Å². The zero-order valence-electron chi connectivity index (χ0n) is 3.99. The van der Waals surface area contributed by atoms with Crippen LogP contribution in [0.2, 0.25) is 0 Å². The highest BCUT2D eigenvalue weighted by Crippen LogP contribution is 1.71. The molecule has 3 nitrogen and oxygen atoms in total. The van der Waals surface area contributed by atoms with E-state index < -0.39 is 0 Å². The van der Waals surface area contributed by atoms with Crippen molar-refractivity contribution in [3.05, 3.63) is 0 Å². The Morgan fingerprint density at radius 3 is 2.57 bits per heavy atom. The Morgan fingerprint density at radius 2 is 2.43 bits per heavy atom. The average Bonchev–Trinajstić information content (AvgIpc) is 1.68. The van der Waals surface area contributed by atoms with Gasteiger partial charge in [0, 0.05) is 7.05 Å². The molecule has 0 saturated heterocycles. The molecule has 0 aliphatic carbocycles. The third-order valence-corrected chi connectivity index (χ3v) is 0.836. The summed E-state index contributed by atoms with van der Waals surface area (Å²) >= 11 is 2.05. The molecule has 0 aromatic heterocycles. The van der Waals surface area contributed by atoms with Gasteiger partial charge in [0.25, 0.3) is 0 Å². The van der Waals surface area contributed by atoms with Crippen LogP contribution in [-0.4, -0.2) is 17.6 Å². The third-order valence-electron chi connectivity index (χ3n) is 0.454. The van der Waals surface area contributed by atoms with Gasteiger partial charge in [-0.2, -0.15) is 0 Å². The topological polar surface area (TPSA) is 41.1 Å². The van der Waals surface area contributed by atoms with Gasteiger partial charge < -0.3 is 10.6 Å². The van der Waals surface area contributed by atoms with Gasteiger partial charge in [-0.15, -0.1) is 0 Å². The van der Waals surface area contributed by atoms with E-state index in [9.17, 15) is 4.79 Å². The van der Waals surface area contributed by atoms with Crippen LogP contribution in [0.5, 0.6) is 0 Å². The van der Waals surface area contributed by atoms with E-state index in [2.05, 4.69) is 33.2 Å². The molecular weight excluding hydrogens is 207 g/mol. The lowest BCUT2D eigenvalue weighted by atomic mass is 11.0. The van der Waals surface area contributed by atoms with E-state index in [0.717, 1.165) is 0 Å². The number of amides is 2. The lowest BCUT2D eigenvalue weighted by Crippen LogP contribution is -2.31. The van der Waals surface area contributed by atoms with Crippen LogP contribution in [0.1, 0.15) is 0 Å². The Morgan fingerprint density at radius 1 is 1.86 bits per heavy atom. The second-order valence-corrected chi connectivity index (χ2v) is 1.65. The predicted octanol–water partition coefficient (Wildman–Crippen LogP) is 0.308. The van der Waals surface area contributed by atoms with Gasteiger partial charge in [0.15, 0.2) is 0 Å². The number of carbonyl (C=O) groups excluding carboxylic acids is 1. The molecular formula is C3H7IN2O. The van der Waals surface area contributed by atoms with Crippen LogP contribution in [0.15, 0.2) is 0 Å². The van der Waals surface area contributed by atoms with Gasteiger partial charge in [-0.25, -0.2) is 4.79 Å². The van der Waals surface area contributed by atoms with Crippen molar-refractivity contribution in [1.29, 1.82) is 0 Å². The summed E-state index contributed by atoms with van der Waals surface area (Å²) in [4.78, 5) is 10.2. The molecule has 0 spiro atoms. The van der Waals surface area contributed by atoms with Crippen LogP contribution in [0.4, 0.5) is 4.79 Å². The highest BCUT2D eigenvalue weighted by atomic mass is 127. The Hall–Kier alpha value is 0. The molecule has 0 aromatic rings. The summed E-state index contributed by atoms with van der Waals surface area (Å²) < 4.78 is 0.650. The summed E-state index contributed by atoms with van der Waals surface area (Å²) in [5, 5.41) is 4.94. The first-order chi connectivity index (χ1) is 3.31. The van der Waals surface area contributed by atoms with Crippen molar-refractivity contribution in [2.24, 2.45) is 0 Å². The molecule has 0 aromatic carbocycles. The molecule has 42 valence electrons. The summed E-state index contributed by atoms with van der Waals surface area (Å²) in [6.07, 6.45) is 0. The van der Waals surface area contributed by atoms with E-state index in [-0.39, 0.29) is 6.03 Å². The molecule has 0 heterocycles. The molecule has 2 N–H and O–H groups in total. The lowest BCUT2D eigenvalue weighted by Gasteiger charge is -1.95. The van der Waals surface area contributed by atoms with Crippen molar-refractivity contribution in [1.82, 2.24) is 10.6 Å². The molecule has 0 aliphatic heterocycles. The van der Waals surface area contributed by atoms with Crippen LogP contribution < -0.4 is 10.6 Å². The van der Waals surface area contributed by atoms with E-state index in [1.54, 1.807) is 7.05 Å². The monoisotopic (exact) mass is 214 g/mol. The molecule has 0 unspecified atom stereocenters. The fourth-order valence-corrected chi connectivity index (χ4v) is 0.495. The van der Waals surface area contributed by atoms with Gasteiger partial charge in [-0.3, -0.25) is 0 Å². The second kappa shape index (κ2) is 4.17. The number of hydrogen-bond acceptors (Lipinski definition) is 1. The molecule has 4 heteroatoms. The largest absolute Gasteiger partial charge is 0.341 e. The SMILES string of the molecule is CNC(=O)NCI. The number of carbonyl (C=O) groups is 1. The molecule has 0 bridgehead atoms. The minimum Gasteiger partial charge on any atom is -0.341 e. The summed E-state index contributed by atoms with van der Waals surface area (Å²) in [5.74, 6) is 0. The number of hydrogen-bond donors (Lipinski definition) is 2. The van der Waals surface area contributed by atoms with Gasteiger partial charge in [-0.05, 0) is 0 Å². The standard InChI is InChI=1S/C3H7IN2O/c1-5-3(7)6-2-4/h2H2,1H3,(H2,5,6,7). The van der Waals surface area contributed by atoms with Gasteiger partial charge >= 0.3 is 6.03 Å². The Balaban J connectivity index is 3.00. The number of halogens is 1. The van der Waals surface area contributed by atoms with Crippen molar-refractivity contribution < 1.29 is 4.79 Å². The van der Waals surface area contributed by atoms with Gasteiger partial charge in [0.2, 0.25) is 0 Å². The summed E-state index contributed by atoms with van der Waals surface area (Å²) in [7, 11) is 1.58. The van der Waals surface area contributed by atoms with E-state index >= 15 is 0 Å². The molecule has 0 fully saturated rings. The highest BCUT2D eigenvalue weighted by Gasteiger charge is 1.87. The van der Waals surface area contributed by atoms with Crippen molar-refractivity contribution in [3.8, 4) is 0 Å². The first kappa shape index (κ1) is 7.00. The minimum absolute atomic E-state index is 0.130. The molecule has 0 rings (SSSR count). The average molecular weight is 214 g/mol. The second-order valence-electron chi connectivity index (χ2n) is 0.890. The van der Waals surface area contributed by atoms with Gasteiger partial charge in [-0.1, -0.05) is 22.6 Å². The molecule has 0 radical (unpaired) electrons. The van der Waals surface area contributed by atoms with E-state index in [4.69, 9.17) is 0 Å². The van der Waals surface area contributed by atoms with E-state index in [1.807, 2.05) is 0 Å². The summed E-state index contributed by atoms with van der Waals surface area (Å²) in [6.45, 7) is 0. The zero-order valence-corrected chi connectivity index (χ0v) is 6.15. The van der Waals surface area contributed by atoms with Crippen LogP contribution in [-0.2, 0) is 0 Å². The Kier molecular flexibility index (Phi) is 4.17. The normalized spacial score (nSPS) is 7.71. The Bertz CT molecular complexity index is 66.0. The molecule has 7 heavy (non-hydrogen) atoms. The zero-order chi connectivity index (χ0) is 5.70. The number of nitrogens with one attached hydrogen (secondary N) is 2. The maximum absolute atomic E-state index is 10.2. The Labute approximate surface area is 56.0 Å². The summed E-state index contributed by atoms with van der Waals surface area (Å²) in [6, 6.07) is -0.130. The predicted molar refractivity (Wildman–Crippen MR) is 36.5 cm³/mol. The molecule has 0 saturated carbocycles. The lowest BCUT2D eigenvalue weighted by molar-refractivity contribution is 0.244. The fourth-order valence-electron chi connectivity index (χ4n) is 0.149. The number of alkyl halides is 1. The van der Waals surface area contributed by atoms with E-state index in [0.29, 0.717) is 4.55 Å². The van der Waals surface area contributed by atoms with Gasteiger partial charge in [0.1, 0.15) is 0 Å². The first-order valence-electron chi connectivity index (χ1n) is 1.82. The highest BCUT2D eigenvalue weighted by molar-refractivity contribution is 14.1. The van der Waals surface area contributed by atoms with Crippen molar-refractivity contribution >= 4 is 28.6 Å². The fraction of sp³-hybridized carbons (Fsp3) is 0.667. The summed E-state index contributed by atoms with van der Waals surface area (Å²) in [5.41, 5.74) is 0. The smallest absolute Gasteiger partial charge is 0.315 e. The number of urea groups is 1. The molecule has 0 aliphatic rings. The molecule has 0 atom stereocenters. The van der Waals surface area contributed by atoms with Crippen LogP contribution in [0.25, 0.3) is 0 Å². The quantitative estimate of drug-likeness (QED) is 0.368.